The van der Waals surface area contributed by atoms with Crippen molar-refractivity contribution in [1.29, 1.82) is 0 Å². The number of aliphatic carboxylic acids is 1. The van der Waals surface area contributed by atoms with Gasteiger partial charge >= 0.3 is 5.97 Å². The highest BCUT2D eigenvalue weighted by molar-refractivity contribution is 6.09. The summed E-state index contributed by atoms with van der Waals surface area (Å²) in [4.78, 5) is 37.8. The quantitative estimate of drug-likeness (QED) is 0.609. The molecule has 1 N–H and O–H groups in total. The number of likely N-dealkylation sites (tertiary alicyclic amines) is 1. The molecule has 0 aromatic carbocycles. The van der Waals surface area contributed by atoms with Crippen LogP contribution in [-0.4, -0.2) is 33.8 Å². The van der Waals surface area contributed by atoms with Crippen molar-refractivity contribution in [3.05, 3.63) is 12.2 Å². The SMILES string of the molecule is CC(C)(C)C(C(=O)O)N1C(=O)C2C3C=CC(C3)C2C1=O. The highest BCUT2D eigenvalue weighted by atomic mass is 16.4. The Morgan fingerprint density at radius 3 is 2.00 bits per heavy atom. The largest absolute Gasteiger partial charge is 0.480 e. The molecule has 0 radical (unpaired) electrons. The van der Waals surface area contributed by atoms with Gasteiger partial charge in [-0.1, -0.05) is 32.9 Å². The third kappa shape index (κ3) is 1.58. The van der Waals surface area contributed by atoms with Gasteiger partial charge in [0, 0.05) is 0 Å². The number of fused-ring (bicyclic) bond motifs is 5. The fourth-order valence-corrected chi connectivity index (χ4v) is 4.05. The maximum Gasteiger partial charge on any atom is 0.327 e. The van der Waals surface area contributed by atoms with E-state index >= 15 is 0 Å². The molecule has 5 atom stereocenters. The molecule has 1 aliphatic heterocycles. The van der Waals surface area contributed by atoms with Crippen molar-refractivity contribution >= 4 is 17.8 Å². The Balaban J connectivity index is 1.99. The molecular formula is C15H19NO4. The molecule has 108 valence electrons. The molecule has 2 aliphatic carbocycles. The van der Waals surface area contributed by atoms with Gasteiger partial charge < -0.3 is 5.11 Å². The summed E-state index contributed by atoms with van der Waals surface area (Å²) in [6.07, 6.45) is 4.87. The molecular weight excluding hydrogens is 258 g/mol. The van der Waals surface area contributed by atoms with Crippen molar-refractivity contribution in [2.45, 2.75) is 33.2 Å². The minimum atomic E-state index is -1.11. The van der Waals surface area contributed by atoms with Gasteiger partial charge in [-0.25, -0.2) is 4.79 Å². The minimum Gasteiger partial charge on any atom is -0.480 e. The second-order valence-corrected chi connectivity index (χ2v) is 7.15. The Labute approximate surface area is 117 Å². The van der Waals surface area contributed by atoms with E-state index in [1.54, 1.807) is 20.8 Å². The summed E-state index contributed by atoms with van der Waals surface area (Å²) in [5.41, 5.74) is -0.678. The van der Waals surface area contributed by atoms with Crippen LogP contribution in [0.4, 0.5) is 0 Å². The number of nitrogens with zero attached hydrogens (tertiary/aromatic N) is 1. The summed E-state index contributed by atoms with van der Waals surface area (Å²) in [5, 5.41) is 9.45. The van der Waals surface area contributed by atoms with Crippen molar-refractivity contribution < 1.29 is 19.5 Å². The normalized spacial score (nSPS) is 36.6. The highest BCUT2D eigenvalue weighted by Gasteiger charge is 2.62. The lowest BCUT2D eigenvalue weighted by Gasteiger charge is -2.34. The average Bonchev–Trinajstić information content (AvgIpc) is 2.96. The maximum atomic E-state index is 12.6. The average molecular weight is 277 g/mol. The van der Waals surface area contributed by atoms with Gasteiger partial charge in [0.2, 0.25) is 11.8 Å². The zero-order valence-electron chi connectivity index (χ0n) is 11.9. The van der Waals surface area contributed by atoms with E-state index in [4.69, 9.17) is 0 Å². The van der Waals surface area contributed by atoms with Crippen LogP contribution < -0.4 is 0 Å². The van der Waals surface area contributed by atoms with Crippen LogP contribution in [0.5, 0.6) is 0 Å². The van der Waals surface area contributed by atoms with Crippen LogP contribution in [0.1, 0.15) is 27.2 Å². The summed E-state index contributed by atoms with van der Waals surface area (Å²) in [7, 11) is 0. The zero-order valence-corrected chi connectivity index (χ0v) is 11.9. The number of amides is 2. The van der Waals surface area contributed by atoms with Gasteiger partial charge in [-0.05, 0) is 23.7 Å². The Morgan fingerprint density at radius 1 is 1.20 bits per heavy atom. The number of hydrogen-bond donors (Lipinski definition) is 1. The first-order valence-electron chi connectivity index (χ1n) is 7.01. The van der Waals surface area contributed by atoms with Gasteiger partial charge in [0.25, 0.3) is 0 Å². The van der Waals surface area contributed by atoms with Gasteiger partial charge in [0.05, 0.1) is 11.8 Å². The number of carbonyl (C=O) groups excluding carboxylic acids is 2. The summed E-state index contributed by atoms with van der Waals surface area (Å²) >= 11 is 0. The summed E-state index contributed by atoms with van der Waals surface area (Å²) < 4.78 is 0. The predicted molar refractivity (Wildman–Crippen MR) is 70.4 cm³/mol. The van der Waals surface area contributed by atoms with E-state index in [1.807, 2.05) is 12.2 Å². The van der Waals surface area contributed by atoms with Crippen LogP contribution >= 0.6 is 0 Å². The molecule has 0 aromatic heterocycles. The van der Waals surface area contributed by atoms with Gasteiger partial charge in [-0.2, -0.15) is 0 Å². The first-order chi connectivity index (χ1) is 9.23. The van der Waals surface area contributed by atoms with Crippen LogP contribution in [0, 0.1) is 29.1 Å². The van der Waals surface area contributed by atoms with E-state index in [1.165, 1.54) is 0 Å². The van der Waals surface area contributed by atoms with E-state index in [9.17, 15) is 19.5 Å². The molecule has 2 fully saturated rings. The topological polar surface area (TPSA) is 74.7 Å². The lowest BCUT2D eigenvalue weighted by atomic mass is 9.85. The molecule has 5 nitrogen and oxygen atoms in total. The third-order valence-electron chi connectivity index (χ3n) is 4.82. The Morgan fingerprint density at radius 2 is 1.65 bits per heavy atom. The lowest BCUT2D eigenvalue weighted by molar-refractivity contribution is -0.160. The first-order valence-corrected chi connectivity index (χ1v) is 7.01. The van der Waals surface area contributed by atoms with E-state index < -0.39 is 17.4 Å². The second-order valence-electron chi connectivity index (χ2n) is 7.15. The number of allylic oxidation sites excluding steroid dienone is 2. The molecule has 5 unspecified atom stereocenters. The monoisotopic (exact) mass is 277 g/mol. The number of imide groups is 1. The molecule has 1 saturated heterocycles. The van der Waals surface area contributed by atoms with Crippen LogP contribution in [0.2, 0.25) is 0 Å². The molecule has 2 amide bonds. The van der Waals surface area contributed by atoms with Gasteiger partial charge in [0.15, 0.2) is 0 Å². The van der Waals surface area contributed by atoms with Crippen molar-refractivity contribution in [2.24, 2.45) is 29.1 Å². The second kappa shape index (κ2) is 3.93. The van der Waals surface area contributed by atoms with Gasteiger partial charge in [-0.15, -0.1) is 0 Å². The van der Waals surface area contributed by atoms with Crippen LogP contribution in [0.25, 0.3) is 0 Å². The van der Waals surface area contributed by atoms with Crippen LogP contribution in [0.15, 0.2) is 12.2 Å². The van der Waals surface area contributed by atoms with Crippen LogP contribution in [0.3, 0.4) is 0 Å². The third-order valence-corrected chi connectivity index (χ3v) is 4.82. The molecule has 1 saturated carbocycles. The van der Waals surface area contributed by atoms with Crippen LogP contribution in [-0.2, 0) is 14.4 Å². The fraction of sp³-hybridized carbons (Fsp3) is 0.667. The number of carboxylic acid groups (broad SMARTS) is 1. The molecule has 0 aromatic rings. The standard InChI is InChI=1S/C15H19NO4/c1-15(2,3)11(14(19)20)16-12(17)9-7-4-5-8(6-7)10(9)13(16)18/h4-5,7-11H,6H2,1-3H3,(H,19,20). The molecule has 1 heterocycles. The number of carboxylic acids is 1. The molecule has 5 heteroatoms. The molecule has 20 heavy (non-hydrogen) atoms. The highest BCUT2D eigenvalue weighted by Crippen LogP contribution is 2.53. The summed E-state index contributed by atoms with van der Waals surface area (Å²) in [6.45, 7) is 5.23. The number of carbonyl (C=O) groups is 3. The first kappa shape index (κ1) is 13.3. The van der Waals surface area contributed by atoms with Gasteiger partial charge in [-0.3, -0.25) is 14.5 Å². The van der Waals surface area contributed by atoms with Gasteiger partial charge in [0.1, 0.15) is 6.04 Å². The molecule has 2 bridgehead atoms. The van der Waals surface area contributed by atoms with Crippen molar-refractivity contribution in [3.8, 4) is 0 Å². The zero-order chi connectivity index (χ0) is 14.8. The Kier molecular flexibility index (Phi) is 2.62. The van der Waals surface area contributed by atoms with Crippen molar-refractivity contribution in [1.82, 2.24) is 4.90 Å². The smallest absolute Gasteiger partial charge is 0.327 e. The Bertz CT molecular complexity index is 500. The predicted octanol–water partition coefficient (Wildman–Crippen LogP) is 1.29. The Hall–Kier alpha value is -1.65. The van der Waals surface area contributed by atoms with E-state index in [0.29, 0.717) is 0 Å². The van der Waals surface area contributed by atoms with Crippen molar-refractivity contribution in [3.63, 3.8) is 0 Å². The lowest BCUT2D eigenvalue weighted by Crippen LogP contribution is -2.52. The van der Waals surface area contributed by atoms with Crippen molar-refractivity contribution in [2.75, 3.05) is 0 Å². The molecule has 3 rings (SSSR count). The number of rotatable bonds is 2. The van der Waals surface area contributed by atoms with E-state index in [-0.39, 0.29) is 35.5 Å². The molecule has 0 spiro atoms. The maximum absolute atomic E-state index is 12.6. The van der Waals surface area contributed by atoms with E-state index in [0.717, 1.165) is 11.3 Å². The molecule has 3 aliphatic rings. The minimum absolute atomic E-state index is 0.112. The summed E-state index contributed by atoms with van der Waals surface area (Å²) in [5.74, 6) is -2.14. The van der Waals surface area contributed by atoms with E-state index in [2.05, 4.69) is 0 Å². The fourth-order valence-electron chi connectivity index (χ4n) is 4.05. The summed E-state index contributed by atoms with van der Waals surface area (Å²) in [6, 6.07) is -1.09. The number of hydrogen-bond acceptors (Lipinski definition) is 3.